The summed E-state index contributed by atoms with van der Waals surface area (Å²) in [6.45, 7) is 8.27. The monoisotopic (exact) mass is 285 g/mol. The normalized spacial score (nSPS) is 16.1. The highest BCUT2D eigenvalue weighted by Crippen LogP contribution is 2.28. The van der Waals surface area contributed by atoms with E-state index in [-0.39, 0.29) is 6.61 Å². The molecule has 0 aliphatic rings. The number of hydrogen-bond acceptors (Lipinski definition) is 4. The highest BCUT2D eigenvalue weighted by molar-refractivity contribution is 7.89. The third-order valence-corrected chi connectivity index (χ3v) is 4.87. The van der Waals surface area contributed by atoms with Gasteiger partial charge < -0.3 is 0 Å². The standard InChI is InChI=1S/C11H24ClNO3S/c1-5-7-8-11(12,13-9-10(3)4)17(14,15)16-6-2/h10,13H,5-9H2,1-4H3. The van der Waals surface area contributed by atoms with E-state index in [2.05, 4.69) is 5.32 Å². The predicted octanol–water partition coefficient (Wildman–Crippen LogP) is 2.68. The largest absolute Gasteiger partial charge is 0.301 e. The van der Waals surface area contributed by atoms with E-state index in [1.165, 1.54) is 0 Å². The molecule has 17 heavy (non-hydrogen) atoms. The molecule has 0 fully saturated rings. The average molecular weight is 286 g/mol. The minimum absolute atomic E-state index is 0.103. The molecule has 0 aromatic rings. The van der Waals surface area contributed by atoms with E-state index in [9.17, 15) is 8.42 Å². The fourth-order valence-electron chi connectivity index (χ4n) is 1.31. The molecule has 1 atom stereocenters. The Morgan fingerprint density at radius 1 is 1.35 bits per heavy atom. The lowest BCUT2D eigenvalue weighted by Crippen LogP contribution is -2.49. The van der Waals surface area contributed by atoms with Gasteiger partial charge in [-0.3, -0.25) is 9.50 Å². The van der Waals surface area contributed by atoms with Crippen LogP contribution in [-0.4, -0.2) is 25.9 Å². The predicted molar refractivity (Wildman–Crippen MR) is 71.5 cm³/mol. The van der Waals surface area contributed by atoms with Crippen LogP contribution in [-0.2, 0) is 14.3 Å². The molecule has 0 heterocycles. The third-order valence-electron chi connectivity index (χ3n) is 2.30. The van der Waals surface area contributed by atoms with Gasteiger partial charge in [-0.2, -0.15) is 8.42 Å². The van der Waals surface area contributed by atoms with Crippen molar-refractivity contribution in [2.45, 2.75) is 51.3 Å². The van der Waals surface area contributed by atoms with Gasteiger partial charge in [0.05, 0.1) is 6.61 Å². The van der Waals surface area contributed by atoms with Gasteiger partial charge in [0, 0.05) is 6.54 Å². The highest BCUT2D eigenvalue weighted by atomic mass is 35.5. The maximum atomic E-state index is 12.0. The number of alkyl halides is 1. The van der Waals surface area contributed by atoms with Crippen LogP contribution in [0.25, 0.3) is 0 Å². The molecule has 0 aromatic heterocycles. The van der Waals surface area contributed by atoms with Gasteiger partial charge in [-0.1, -0.05) is 38.8 Å². The molecular formula is C11H24ClNO3S. The van der Waals surface area contributed by atoms with Crippen LogP contribution in [0.4, 0.5) is 0 Å². The summed E-state index contributed by atoms with van der Waals surface area (Å²) in [5.74, 6) is 0.326. The van der Waals surface area contributed by atoms with Gasteiger partial charge in [0.15, 0.2) is 0 Å². The second-order valence-electron chi connectivity index (χ2n) is 4.47. The maximum Gasteiger partial charge on any atom is 0.301 e. The van der Waals surface area contributed by atoms with Gasteiger partial charge in [0.1, 0.15) is 0 Å². The van der Waals surface area contributed by atoms with Crippen LogP contribution in [0.15, 0.2) is 0 Å². The summed E-state index contributed by atoms with van der Waals surface area (Å²) in [6.07, 6.45) is 1.97. The maximum absolute atomic E-state index is 12.0. The molecule has 4 nitrogen and oxygen atoms in total. The van der Waals surface area contributed by atoms with E-state index in [1.807, 2.05) is 20.8 Å². The molecule has 0 aliphatic carbocycles. The Labute approximate surface area is 110 Å². The van der Waals surface area contributed by atoms with E-state index >= 15 is 0 Å². The van der Waals surface area contributed by atoms with E-state index in [0.29, 0.717) is 18.9 Å². The van der Waals surface area contributed by atoms with E-state index < -0.39 is 14.4 Å². The van der Waals surface area contributed by atoms with Crippen LogP contribution in [0, 0.1) is 5.92 Å². The Morgan fingerprint density at radius 2 is 1.94 bits per heavy atom. The van der Waals surface area contributed by atoms with E-state index in [1.54, 1.807) is 6.92 Å². The van der Waals surface area contributed by atoms with Crippen molar-refractivity contribution >= 4 is 21.7 Å². The molecule has 1 unspecified atom stereocenters. The SMILES string of the molecule is CCCCC(Cl)(NCC(C)C)S(=O)(=O)OCC. The smallest absolute Gasteiger partial charge is 0.284 e. The Kier molecular flexibility index (Phi) is 7.63. The van der Waals surface area contributed by atoms with Gasteiger partial charge in [-0.15, -0.1) is 0 Å². The molecule has 0 aliphatic heterocycles. The van der Waals surface area contributed by atoms with E-state index in [0.717, 1.165) is 12.8 Å². The molecular weight excluding hydrogens is 262 g/mol. The van der Waals surface area contributed by atoms with Crippen molar-refractivity contribution in [1.82, 2.24) is 5.32 Å². The minimum atomic E-state index is -3.79. The van der Waals surface area contributed by atoms with Crippen LogP contribution < -0.4 is 5.32 Å². The quantitative estimate of drug-likeness (QED) is 0.402. The molecule has 0 spiro atoms. The zero-order valence-electron chi connectivity index (χ0n) is 11.1. The zero-order valence-corrected chi connectivity index (χ0v) is 12.7. The Bertz CT molecular complexity index is 306. The first-order chi connectivity index (χ1) is 7.79. The van der Waals surface area contributed by atoms with E-state index in [4.69, 9.17) is 15.8 Å². The minimum Gasteiger partial charge on any atom is -0.284 e. The van der Waals surface area contributed by atoms with Crippen molar-refractivity contribution in [3.8, 4) is 0 Å². The Morgan fingerprint density at radius 3 is 2.35 bits per heavy atom. The van der Waals surface area contributed by atoms with Gasteiger partial charge in [0.2, 0.25) is 4.33 Å². The van der Waals surface area contributed by atoms with Crippen molar-refractivity contribution in [2.24, 2.45) is 5.92 Å². The first kappa shape index (κ1) is 17.2. The summed E-state index contributed by atoms with van der Waals surface area (Å²) in [5, 5.41) is 2.91. The molecule has 0 saturated carbocycles. The highest BCUT2D eigenvalue weighted by Gasteiger charge is 2.42. The molecule has 1 N–H and O–H groups in total. The van der Waals surface area contributed by atoms with Gasteiger partial charge in [-0.05, 0) is 25.7 Å². The molecule has 0 amide bonds. The first-order valence-electron chi connectivity index (χ1n) is 6.12. The summed E-state index contributed by atoms with van der Waals surface area (Å²) in [4.78, 5) is 0. The fraction of sp³-hybridized carbons (Fsp3) is 1.00. The number of halogens is 1. The summed E-state index contributed by atoms with van der Waals surface area (Å²) >= 11 is 6.21. The van der Waals surface area contributed by atoms with Crippen molar-refractivity contribution in [3.63, 3.8) is 0 Å². The lowest BCUT2D eigenvalue weighted by molar-refractivity contribution is 0.311. The van der Waals surface area contributed by atoms with Gasteiger partial charge in [0.25, 0.3) is 0 Å². The lowest BCUT2D eigenvalue weighted by Gasteiger charge is -2.28. The van der Waals surface area contributed by atoms with Crippen molar-refractivity contribution in [2.75, 3.05) is 13.2 Å². The summed E-state index contributed by atoms with van der Waals surface area (Å²) < 4.78 is 27.2. The summed E-state index contributed by atoms with van der Waals surface area (Å²) in [5.41, 5.74) is 0. The van der Waals surface area contributed by atoms with Crippen molar-refractivity contribution < 1.29 is 12.6 Å². The summed E-state index contributed by atoms with van der Waals surface area (Å²) in [6, 6.07) is 0. The molecule has 0 radical (unpaired) electrons. The second kappa shape index (κ2) is 7.56. The van der Waals surface area contributed by atoms with Crippen LogP contribution in [0.3, 0.4) is 0 Å². The molecule has 0 aromatic carbocycles. The topological polar surface area (TPSA) is 55.4 Å². The molecule has 0 rings (SSSR count). The zero-order chi connectivity index (χ0) is 13.5. The van der Waals surface area contributed by atoms with Crippen LogP contribution in [0.2, 0.25) is 0 Å². The van der Waals surface area contributed by atoms with Gasteiger partial charge in [-0.25, -0.2) is 0 Å². The Balaban J connectivity index is 4.82. The third kappa shape index (κ3) is 5.55. The van der Waals surface area contributed by atoms with Gasteiger partial charge >= 0.3 is 10.1 Å². The second-order valence-corrected chi connectivity index (χ2v) is 7.18. The van der Waals surface area contributed by atoms with Crippen molar-refractivity contribution in [1.29, 1.82) is 0 Å². The number of hydrogen-bond donors (Lipinski definition) is 1. The number of nitrogens with one attached hydrogen (secondary N) is 1. The fourth-order valence-corrected chi connectivity index (χ4v) is 2.81. The molecule has 6 heteroatoms. The van der Waals surface area contributed by atoms with Crippen molar-refractivity contribution in [3.05, 3.63) is 0 Å². The van der Waals surface area contributed by atoms with Crippen LogP contribution in [0.5, 0.6) is 0 Å². The molecule has 0 saturated heterocycles. The molecule has 0 bridgehead atoms. The number of rotatable bonds is 9. The summed E-state index contributed by atoms with van der Waals surface area (Å²) in [7, 11) is -3.79. The van der Waals surface area contributed by atoms with Crippen LogP contribution in [0.1, 0.15) is 47.0 Å². The average Bonchev–Trinajstić information content (AvgIpc) is 2.23. The Hall–Kier alpha value is 0.160. The molecule has 104 valence electrons. The number of unbranched alkanes of at least 4 members (excludes halogenated alkanes) is 1. The van der Waals surface area contributed by atoms with Crippen LogP contribution >= 0.6 is 11.6 Å². The first-order valence-corrected chi connectivity index (χ1v) is 7.90. The lowest BCUT2D eigenvalue weighted by atomic mass is 10.2.